The van der Waals surface area contributed by atoms with Crippen LogP contribution in [0.5, 0.6) is 0 Å². The van der Waals surface area contributed by atoms with Crippen molar-refractivity contribution in [3.05, 3.63) is 88.6 Å². The molecule has 168 valence electrons. The van der Waals surface area contributed by atoms with Crippen molar-refractivity contribution >= 4 is 64.2 Å². The van der Waals surface area contributed by atoms with E-state index in [4.69, 9.17) is 23.8 Å². The summed E-state index contributed by atoms with van der Waals surface area (Å²) in [6, 6.07) is 13.2. The summed E-state index contributed by atoms with van der Waals surface area (Å²) in [5.74, 6) is -3.95. The summed E-state index contributed by atoms with van der Waals surface area (Å²) in [6.45, 7) is 0. The lowest BCUT2D eigenvalue weighted by molar-refractivity contribution is -0.130. The zero-order valence-electron chi connectivity index (χ0n) is 17.5. The summed E-state index contributed by atoms with van der Waals surface area (Å²) in [4.78, 5) is 56.9. The number of rotatable bonds is 3. The Morgan fingerprint density at radius 1 is 0.941 bits per heavy atom. The minimum absolute atomic E-state index is 0.0356. The van der Waals surface area contributed by atoms with Crippen molar-refractivity contribution in [3.63, 3.8) is 0 Å². The number of ketones is 2. The number of hydrogen-bond acceptors (Lipinski definition) is 6. The Bertz CT molecular complexity index is 1360. The van der Waals surface area contributed by atoms with Crippen LogP contribution >= 0.6 is 23.8 Å². The average Bonchev–Trinajstić information content (AvgIpc) is 2.83. The van der Waals surface area contributed by atoms with Crippen molar-refractivity contribution in [2.24, 2.45) is 22.7 Å². The highest BCUT2D eigenvalue weighted by Crippen LogP contribution is 2.35. The standard InChI is InChI=1S/C25H16ClN3O4S/c26-13-5-8-15(9-6-13)29-24(33)20(23(32)28-25(29)34)12-27-14-7-10-18-19(11-14)22(31)17-4-2-1-3-16(17)21(18)30/h1-12,18-20H,(H,28,32,34)/t18-,19+,20-/m1/s1. The number of anilines is 1. The summed E-state index contributed by atoms with van der Waals surface area (Å²) < 4.78 is 0. The Labute approximate surface area is 204 Å². The first-order chi connectivity index (χ1) is 16.3. The molecule has 1 saturated heterocycles. The summed E-state index contributed by atoms with van der Waals surface area (Å²) in [7, 11) is 0. The van der Waals surface area contributed by atoms with Gasteiger partial charge in [-0.2, -0.15) is 0 Å². The molecule has 0 aromatic heterocycles. The highest BCUT2D eigenvalue weighted by molar-refractivity contribution is 7.80. The Morgan fingerprint density at radius 2 is 1.59 bits per heavy atom. The van der Waals surface area contributed by atoms with Crippen LogP contribution in [0.25, 0.3) is 0 Å². The number of benzene rings is 2. The minimum Gasteiger partial charge on any atom is -0.301 e. The average molecular weight is 490 g/mol. The smallest absolute Gasteiger partial charge is 0.251 e. The Hall–Kier alpha value is -3.75. The van der Waals surface area contributed by atoms with Crippen LogP contribution in [0.2, 0.25) is 5.02 Å². The molecule has 5 rings (SSSR count). The highest BCUT2D eigenvalue weighted by Gasteiger charge is 2.41. The second-order valence-corrected chi connectivity index (χ2v) is 8.80. The van der Waals surface area contributed by atoms with Gasteiger partial charge in [0.05, 0.1) is 23.2 Å². The quantitative estimate of drug-likeness (QED) is 0.404. The molecule has 1 N–H and O–H groups in total. The number of nitrogens with one attached hydrogen (secondary N) is 1. The molecule has 2 aromatic carbocycles. The summed E-state index contributed by atoms with van der Waals surface area (Å²) >= 11 is 11.1. The van der Waals surface area contributed by atoms with Gasteiger partial charge in [-0.15, -0.1) is 0 Å². The van der Waals surface area contributed by atoms with E-state index in [2.05, 4.69) is 10.3 Å². The number of Topliss-reactive ketones (excluding diaryl/α,β-unsaturated/α-hetero) is 2. The Balaban J connectivity index is 1.41. The lowest BCUT2D eigenvalue weighted by Crippen LogP contribution is -2.58. The lowest BCUT2D eigenvalue weighted by atomic mass is 9.72. The minimum atomic E-state index is -1.22. The van der Waals surface area contributed by atoms with Crippen molar-refractivity contribution in [2.75, 3.05) is 4.90 Å². The number of carbonyl (C=O) groups excluding carboxylic acids is 4. The SMILES string of the molecule is O=C1NC(=S)N(c2ccc(Cl)cc2)C(=O)[C@@H]1C=NC1=C[C@@H]2C(=O)c3ccccc3C(=O)[C@@H]2C=C1. The number of fused-ring (bicyclic) bond motifs is 2. The van der Waals surface area contributed by atoms with Crippen molar-refractivity contribution in [3.8, 4) is 0 Å². The van der Waals surface area contributed by atoms with Crippen LogP contribution in [-0.4, -0.2) is 34.7 Å². The van der Waals surface area contributed by atoms with E-state index in [1.807, 2.05) is 0 Å². The van der Waals surface area contributed by atoms with Crippen molar-refractivity contribution in [1.29, 1.82) is 0 Å². The molecule has 0 radical (unpaired) electrons. The maximum Gasteiger partial charge on any atom is 0.251 e. The molecule has 1 fully saturated rings. The number of nitrogens with zero attached hydrogens (tertiary/aromatic N) is 2. The summed E-state index contributed by atoms with van der Waals surface area (Å²) in [5.41, 5.74) is 1.65. The molecule has 34 heavy (non-hydrogen) atoms. The predicted molar refractivity (Wildman–Crippen MR) is 131 cm³/mol. The Kier molecular flexibility index (Phi) is 5.55. The molecule has 1 aliphatic heterocycles. The lowest BCUT2D eigenvalue weighted by Gasteiger charge is -2.31. The van der Waals surface area contributed by atoms with E-state index in [9.17, 15) is 19.2 Å². The Morgan fingerprint density at radius 3 is 2.26 bits per heavy atom. The fourth-order valence-corrected chi connectivity index (χ4v) is 4.65. The molecule has 3 atom stereocenters. The van der Waals surface area contributed by atoms with Gasteiger partial charge in [0.25, 0.3) is 5.91 Å². The molecular formula is C25H16ClN3O4S. The molecule has 2 aliphatic carbocycles. The summed E-state index contributed by atoms with van der Waals surface area (Å²) in [6.07, 6.45) is 6.08. The van der Waals surface area contributed by atoms with Gasteiger partial charge >= 0.3 is 0 Å². The molecule has 2 aromatic rings. The van der Waals surface area contributed by atoms with E-state index in [-0.39, 0.29) is 16.7 Å². The van der Waals surface area contributed by atoms with Gasteiger partial charge < -0.3 is 5.32 Å². The van der Waals surface area contributed by atoms with Crippen molar-refractivity contribution in [1.82, 2.24) is 5.32 Å². The maximum absolute atomic E-state index is 13.1. The van der Waals surface area contributed by atoms with Crippen molar-refractivity contribution in [2.45, 2.75) is 0 Å². The van der Waals surface area contributed by atoms with Gasteiger partial charge in [0, 0.05) is 22.4 Å². The second kappa shape index (κ2) is 8.55. The maximum atomic E-state index is 13.1. The van der Waals surface area contributed by atoms with Crippen LogP contribution in [0.1, 0.15) is 20.7 Å². The monoisotopic (exact) mass is 489 g/mol. The van der Waals surface area contributed by atoms with E-state index in [0.29, 0.717) is 27.5 Å². The molecule has 0 bridgehead atoms. The zero-order chi connectivity index (χ0) is 24.0. The number of hydrogen-bond donors (Lipinski definition) is 1. The van der Waals surface area contributed by atoms with Crippen LogP contribution in [0.15, 0.2) is 77.4 Å². The fourth-order valence-electron chi connectivity index (χ4n) is 4.23. The number of halogens is 1. The molecule has 1 heterocycles. The van der Waals surface area contributed by atoms with Crippen LogP contribution < -0.4 is 10.2 Å². The van der Waals surface area contributed by atoms with E-state index in [0.717, 1.165) is 0 Å². The number of thiocarbonyl (C=S) groups is 1. The van der Waals surface area contributed by atoms with E-state index in [1.165, 1.54) is 11.1 Å². The zero-order valence-corrected chi connectivity index (χ0v) is 19.0. The fraction of sp³-hybridized carbons (Fsp3) is 0.120. The number of aliphatic imine (C=N–C) groups is 1. The molecule has 0 spiro atoms. The third-order valence-corrected chi connectivity index (χ3v) is 6.47. The summed E-state index contributed by atoms with van der Waals surface area (Å²) in [5, 5.41) is 2.98. The van der Waals surface area contributed by atoms with Crippen LogP contribution in [-0.2, 0) is 9.59 Å². The second-order valence-electron chi connectivity index (χ2n) is 7.98. The molecule has 2 amide bonds. The molecule has 7 nitrogen and oxygen atoms in total. The third kappa shape index (κ3) is 3.70. The molecule has 0 unspecified atom stereocenters. The first kappa shape index (κ1) is 22.1. The number of amides is 2. The number of allylic oxidation sites excluding steroid dienone is 3. The van der Waals surface area contributed by atoms with E-state index < -0.39 is 29.6 Å². The predicted octanol–water partition coefficient (Wildman–Crippen LogP) is 3.54. The van der Waals surface area contributed by atoms with Gasteiger partial charge in [0.15, 0.2) is 22.6 Å². The van der Waals surface area contributed by atoms with Gasteiger partial charge in [-0.1, -0.05) is 41.9 Å². The van der Waals surface area contributed by atoms with Gasteiger partial charge in [-0.05, 0) is 48.6 Å². The molecule has 9 heteroatoms. The van der Waals surface area contributed by atoms with Crippen LogP contribution in [0.4, 0.5) is 5.69 Å². The number of carbonyl (C=O) groups is 4. The first-order valence-corrected chi connectivity index (χ1v) is 11.2. The normalized spacial score (nSPS) is 24.1. The van der Waals surface area contributed by atoms with Crippen molar-refractivity contribution < 1.29 is 19.2 Å². The van der Waals surface area contributed by atoms with Crippen LogP contribution in [0.3, 0.4) is 0 Å². The van der Waals surface area contributed by atoms with Gasteiger partial charge in [-0.25, -0.2) is 0 Å². The van der Waals surface area contributed by atoms with Crippen LogP contribution in [0, 0.1) is 17.8 Å². The third-order valence-electron chi connectivity index (χ3n) is 5.93. The van der Waals surface area contributed by atoms with Gasteiger partial charge in [0.2, 0.25) is 5.91 Å². The van der Waals surface area contributed by atoms with E-state index in [1.54, 1.807) is 66.8 Å². The van der Waals surface area contributed by atoms with Gasteiger partial charge in [-0.3, -0.25) is 29.1 Å². The molecule has 3 aliphatic rings. The van der Waals surface area contributed by atoms with Gasteiger partial charge in [0.1, 0.15) is 0 Å². The molecule has 0 saturated carbocycles. The largest absolute Gasteiger partial charge is 0.301 e. The van der Waals surface area contributed by atoms with E-state index >= 15 is 0 Å². The molecular weight excluding hydrogens is 474 g/mol. The highest BCUT2D eigenvalue weighted by atomic mass is 35.5. The topological polar surface area (TPSA) is 95.9 Å². The first-order valence-electron chi connectivity index (χ1n) is 10.4.